The van der Waals surface area contributed by atoms with Gasteiger partial charge >= 0.3 is 6.18 Å². The molecule has 1 aromatic rings. The molecule has 98 valence electrons. The van der Waals surface area contributed by atoms with Gasteiger partial charge in [-0.05, 0) is 24.7 Å². The van der Waals surface area contributed by atoms with Gasteiger partial charge in [-0.3, -0.25) is 0 Å². The largest absolute Gasteiger partial charge is 0.405 e. The molecule has 2 nitrogen and oxygen atoms in total. The number of hydrogen-bond acceptors (Lipinski definition) is 2. The molecule has 0 heterocycles. The molecule has 0 saturated carbocycles. The maximum atomic E-state index is 12.4. The van der Waals surface area contributed by atoms with E-state index in [0.29, 0.717) is 6.54 Å². The molecule has 0 fully saturated rings. The summed E-state index contributed by atoms with van der Waals surface area (Å²) in [5.74, 6) is -1.95. The summed E-state index contributed by atoms with van der Waals surface area (Å²) in [6.45, 7) is 0.0532. The summed E-state index contributed by atoms with van der Waals surface area (Å²) < 4.78 is 38.2. The predicted octanol–water partition coefficient (Wildman–Crippen LogP) is 3.58. The molecule has 18 heavy (non-hydrogen) atoms. The minimum Gasteiger partial charge on any atom is -0.300 e. The van der Waals surface area contributed by atoms with E-state index in [2.05, 4.69) is 15.9 Å². The van der Waals surface area contributed by atoms with Gasteiger partial charge < -0.3 is 4.90 Å². The predicted molar refractivity (Wildman–Crippen MR) is 65.6 cm³/mol. The van der Waals surface area contributed by atoms with Crippen molar-refractivity contribution in [2.75, 3.05) is 13.6 Å². The number of nitrogens with zero attached hydrogens (tertiary/aromatic N) is 2. The number of benzene rings is 1. The van der Waals surface area contributed by atoms with Crippen LogP contribution in [-0.2, 0) is 6.54 Å². The zero-order valence-corrected chi connectivity index (χ0v) is 11.3. The molecule has 0 spiro atoms. The molecular formula is C12H12BrF3N2. The number of hydrogen-bond donors (Lipinski definition) is 0. The first kappa shape index (κ1) is 15.0. The van der Waals surface area contributed by atoms with Gasteiger partial charge in [-0.1, -0.05) is 28.1 Å². The molecule has 0 aliphatic carbocycles. The van der Waals surface area contributed by atoms with Crippen LogP contribution >= 0.6 is 15.9 Å². The Bertz CT molecular complexity index is 422. The van der Waals surface area contributed by atoms with Gasteiger partial charge in [0, 0.05) is 17.6 Å². The summed E-state index contributed by atoms with van der Waals surface area (Å²) in [6, 6.07) is 8.61. The third kappa shape index (κ3) is 4.67. The van der Waals surface area contributed by atoms with Crippen molar-refractivity contribution in [3.05, 3.63) is 34.3 Å². The van der Waals surface area contributed by atoms with Crippen molar-refractivity contribution in [2.45, 2.75) is 12.7 Å². The van der Waals surface area contributed by atoms with Gasteiger partial charge in [0.05, 0.1) is 6.07 Å². The Labute approximate surface area is 112 Å². The van der Waals surface area contributed by atoms with Gasteiger partial charge in [0.2, 0.25) is 0 Å². The molecule has 6 heteroatoms. The molecular weight excluding hydrogens is 309 g/mol. The molecule has 1 unspecified atom stereocenters. The number of halogens is 4. The fourth-order valence-corrected chi connectivity index (χ4v) is 1.76. The summed E-state index contributed by atoms with van der Waals surface area (Å²) in [6.07, 6.45) is -4.47. The lowest BCUT2D eigenvalue weighted by molar-refractivity contribution is -0.162. The topological polar surface area (TPSA) is 27.0 Å². The molecule has 1 aromatic carbocycles. The second-order valence-corrected chi connectivity index (χ2v) is 4.96. The number of rotatable bonds is 4. The van der Waals surface area contributed by atoms with E-state index in [1.165, 1.54) is 11.0 Å². The first-order valence-electron chi connectivity index (χ1n) is 5.22. The van der Waals surface area contributed by atoms with E-state index in [-0.39, 0.29) is 6.54 Å². The Hall–Kier alpha value is -1.06. The molecule has 0 aliphatic rings. The van der Waals surface area contributed by atoms with E-state index in [0.717, 1.165) is 10.0 Å². The van der Waals surface area contributed by atoms with Crippen LogP contribution in [0.2, 0.25) is 0 Å². The molecule has 0 bridgehead atoms. The van der Waals surface area contributed by atoms with Gasteiger partial charge in [-0.15, -0.1) is 0 Å². The average molecular weight is 321 g/mol. The minimum atomic E-state index is -4.47. The van der Waals surface area contributed by atoms with Gasteiger partial charge in [0.15, 0.2) is 5.92 Å². The summed E-state index contributed by atoms with van der Waals surface area (Å²) >= 11 is 3.28. The Morgan fingerprint density at radius 2 is 1.89 bits per heavy atom. The summed E-state index contributed by atoms with van der Waals surface area (Å²) in [4.78, 5) is 1.49. The Balaban J connectivity index is 2.59. The second kappa shape index (κ2) is 6.21. The zero-order valence-electron chi connectivity index (χ0n) is 9.71. The minimum absolute atomic E-state index is 0.323. The van der Waals surface area contributed by atoms with Crippen molar-refractivity contribution in [1.29, 1.82) is 5.26 Å². The highest BCUT2D eigenvalue weighted by Crippen LogP contribution is 2.26. The van der Waals surface area contributed by atoms with Crippen LogP contribution in [-0.4, -0.2) is 24.7 Å². The molecule has 0 amide bonds. The first-order valence-corrected chi connectivity index (χ1v) is 6.01. The highest BCUT2D eigenvalue weighted by molar-refractivity contribution is 9.10. The van der Waals surface area contributed by atoms with Crippen LogP contribution in [0.4, 0.5) is 13.2 Å². The first-order chi connectivity index (χ1) is 8.32. The Kier molecular flexibility index (Phi) is 5.17. The standard InChI is InChI=1S/C12H12BrF3N2/c1-18(8-10(6-17)12(14,15)16)7-9-2-4-11(13)5-3-9/h2-5,10H,7-8H2,1H3. The van der Waals surface area contributed by atoms with Crippen molar-refractivity contribution < 1.29 is 13.2 Å². The summed E-state index contributed by atoms with van der Waals surface area (Å²) in [7, 11) is 1.57. The van der Waals surface area contributed by atoms with Crippen molar-refractivity contribution in [3.63, 3.8) is 0 Å². The van der Waals surface area contributed by atoms with Crippen LogP contribution in [0.5, 0.6) is 0 Å². The fraction of sp³-hybridized carbons (Fsp3) is 0.417. The molecule has 0 saturated heterocycles. The van der Waals surface area contributed by atoms with Crippen molar-refractivity contribution in [2.24, 2.45) is 5.92 Å². The van der Waals surface area contributed by atoms with Gasteiger partial charge in [0.25, 0.3) is 0 Å². The lowest BCUT2D eigenvalue weighted by Gasteiger charge is -2.21. The van der Waals surface area contributed by atoms with E-state index in [1.54, 1.807) is 7.05 Å². The van der Waals surface area contributed by atoms with E-state index in [4.69, 9.17) is 5.26 Å². The fourth-order valence-electron chi connectivity index (χ4n) is 1.50. The highest BCUT2D eigenvalue weighted by Gasteiger charge is 2.40. The van der Waals surface area contributed by atoms with Gasteiger partial charge in [0.1, 0.15) is 0 Å². The van der Waals surface area contributed by atoms with Gasteiger partial charge in [-0.25, -0.2) is 0 Å². The monoisotopic (exact) mass is 320 g/mol. The molecule has 1 atom stereocenters. The van der Waals surface area contributed by atoms with E-state index in [1.807, 2.05) is 24.3 Å². The van der Waals surface area contributed by atoms with Crippen LogP contribution in [0.1, 0.15) is 5.56 Å². The van der Waals surface area contributed by atoms with Crippen molar-refractivity contribution >= 4 is 15.9 Å². The lowest BCUT2D eigenvalue weighted by Crippen LogP contribution is -2.33. The van der Waals surface area contributed by atoms with Crippen LogP contribution in [0.3, 0.4) is 0 Å². The highest BCUT2D eigenvalue weighted by atomic mass is 79.9. The van der Waals surface area contributed by atoms with Gasteiger partial charge in [-0.2, -0.15) is 18.4 Å². The maximum absolute atomic E-state index is 12.4. The van der Waals surface area contributed by atoms with E-state index < -0.39 is 12.1 Å². The van der Waals surface area contributed by atoms with E-state index in [9.17, 15) is 13.2 Å². The number of alkyl halides is 3. The molecule has 0 radical (unpaired) electrons. The van der Waals surface area contributed by atoms with Crippen LogP contribution < -0.4 is 0 Å². The Morgan fingerprint density at radius 3 is 2.33 bits per heavy atom. The number of nitriles is 1. The smallest absolute Gasteiger partial charge is 0.300 e. The molecule has 0 aromatic heterocycles. The zero-order chi connectivity index (χ0) is 13.8. The maximum Gasteiger partial charge on any atom is 0.405 e. The third-order valence-electron chi connectivity index (χ3n) is 2.41. The van der Waals surface area contributed by atoms with Crippen molar-refractivity contribution in [1.82, 2.24) is 4.90 Å². The average Bonchev–Trinajstić information content (AvgIpc) is 2.27. The molecule has 0 N–H and O–H groups in total. The summed E-state index contributed by atoms with van der Waals surface area (Å²) in [5.41, 5.74) is 0.902. The van der Waals surface area contributed by atoms with Crippen LogP contribution in [0, 0.1) is 17.2 Å². The third-order valence-corrected chi connectivity index (χ3v) is 2.94. The lowest BCUT2D eigenvalue weighted by atomic mass is 10.1. The van der Waals surface area contributed by atoms with Crippen LogP contribution in [0.15, 0.2) is 28.7 Å². The summed E-state index contributed by atoms with van der Waals surface area (Å²) in [5, 5.41) is 8.51. The quantitative estimate of drug-likeness (QED) is 0.847. The normalized spacial score (nSPS) is 13.4. The van der Waals surface area contributed by atoms with Crippen LogP contribution in [0.25, 0.3) is 0 Å². The Morgan fingerprint density at radius 1 is 1.33 bits per heavy atom. The van der Waals surface area contributed by atoms with Crippen molar-refractivity contribution in [3.8, 4) is 6.07 Å². The SMILES string of the molecule is CN(Cc1ccc(Br)cc1)CC(C#N)C(F)(F)F. The molecule has 1 rings (SSSR count). The molecule has 0 aliphatic heterocycles. The second-order valence-electron chi connectivity index (χ2n) is 4.05. The van der Waals surface area contributed by atoms with E-state index >= 15 is 0 Å².